The fourth-order valence-corrected chi connectivity index (χ4v) is 3.23. The number of hydrogen-bond acceptors (Lipinski definition) is 4. The van der Waals surface area contributed by atoms with Crippen molar-refractivity contribution < 1.29 is 14.6 Å². The van der Waals surface area contributed by atoms with E-state index in [-0.39, 0.29) is 12.0 Å². The Bertz CT molecular complexity index is 670. The van der Waals surface area contributed by atoms with Crippen molar-refractivity contribution in [3.05, 3.63) is 48.3 Å². The summed E-state index contributed by atoms with van der Waals surface area (Å²) in [5, 5.41) is 17.4. The number of aromatic amines is 1. The maximum atomic E-state index is 12.4. The fraction of sp³-hybridized carbons (Fsp3) is 0.474. The third-order valence-electron chi connectivity index (χ3n) is 4.65. The van der Waals surface area contributed by atoms with E-state index in [9.17, 15) is 9.90 Å². The van der Waals surface area contributed by atoms with Gasteiger partial charge in [0, 0.05) is 25.6 Å². The maximum Gasteiger partial charge on any atom is 0.222 e. The Labute approximate surface area is 147 Å². The van der Waals surface area contributed by atoms with Crippen molar-refractivity contribution in [3.8, 4) is 5.75 Å². The Morgan fingerprint density at radius 3 is 2.92 bits per heavy atom. The van der Waals surface area contributed by atoms with Gasteiger partial charge < -0.3 is 14.7 Å². The van der Waals surface area contributed by atoms with E-state index < -0.39 is 5.60 Å². The molecule has 1 aromatic carbocycles. The van der Waals surface area contributed by atoms with Crippen LogP contribution < -0.4 is 4.74 Å². The molecule has 0 aliphatic carbocycles. The number of amides is 1. The summed E-state index contributed by atoms with van der Waals surface area (Å²) in [6.07, 6.45) is 6.02. The number of nitrogens with one attached hydrogen (secondary N) is 1. The van der Waals surface area contributed by atoms with Crippen LogP contribution in [0.15, 0.2) is 42.7 Å². The first-order chi connectivity index (χ1) is 12.0. The van der Waals surface area contributed by atoms with Gasteiger partial charge in [-0.25, -0.2) is 0 Å². The first-order valence-corrected chi connectivity index (χ1v) is 8.74. The molecule has 0 unspecified atom stereocenters. The second-order valence-corrected chi connectivity index (χ2v) is 6.84. The predicted molar refractivity (Wildman–Crippen MR) is 94.2 cm³/mol. The average molecular weight is 343 g/mol. The Balaban J connectivity index is 1.50. The molecular weight excluding hydrogens is 318 g/mol. The van der Waals surface area contributed by atoms with Gasteiger partial charge in [0.1, 0.15) is 17.5 Å². The molecule has 1 saturated heterocycles. The summed E-state index contributed by atoms with van der Waals surface area (Å²) in [7, 11) is 0. The summed E-state index contributed by atoms with van der Waals surface area (Å²) >= 11 is 0. The van der Waals surface area contributed by atoms with Crippen molar-refractivity contribution >= 4 is 5.91 Å². The van der Waals surface area contributed by atoms with E-state index in [1.54, 1.807) is 18.0 Å². The van der Waals surface area contributed by atoms with Crippen molar-refractivity contribution in [2.75, 3.05) is 13.1 Å². The third kappa shape index (κ3) is 4.60. The second kappa shape index (κ2) is 7.70. The number of aromatic nitrogens is 2. The van der Waals surface area contributed by atoms with Crippen LogP contribution in [0.2, 0.25) is 0 Å². The molecule has 0 saturated carbocycles. The first-order valence-electron chi connectivity index (χ1n) is 8.74. The fourth-order valence-electron chi connectivity index (χ4n) is 3.23. The number of carbonyl (C=O) groups excluding carboxylic acids is 1. The van der Waals surface area contributed by atoms with Crippen molar-refractivity contribution in [2.45, 2.75) is 44.3 Å². The number of ether oxygens (including phenoxy) is 1. The molecule has 2 atom stereocenters. The van der Waals surface area contributed by atoms with Gasteiger partial charge in [-0.05, 0) is 37.5 Å². The lowest BCUT2D eigenvalue weighted by molar-refractivity contribution is -0.145. The molecule has 0 spiro atoms. The van der Waals surface area contributed by atoms with Crippen molar-refractivity contribution in [2.24, 2.45) is 0 Å². The van der Waals surface area contributed by atoms with Crippen molar-refractivity contribution in [1.29, 1.82) is 0 Å². The van der Waals surface area contributed by atoms with Crippen LogP contribution in [0, 0.1) is 0 Å². The third-order valence-corrected chi connectivity index (χ3v) is 4.65. The molecule has 3 rings (SSSR count). The van der Waals surface area contributed by atoms with Crippen LogP contribution in [0.4, 0.5) is 0 Å². The Morgan fingerprint density at radius 1 is 1.44 bits per heavy atom. The predicted octanol–water partition coefficient (Wildman–Crippen LogP) is 2.16. The minimum Gasteiger partial charge on any atom is -0.487 e. The Morgan fingerprint density at radius 2 is 2.24 bits per heavy atom. The molecule has 25 heavy (non-hydrogen) atoms. The van der Waals surface area contributed by atoms with Gasteiger partial charge in [0.25, 0.3) is 0 Å². The topological polar surface area (TPSA) is 78.5 Å². The molecule has 1 aromatic heterocycles. The number of H-pyrrole nitrogens is 1. The standard InChI is InChI=1S/C19H25N3O3/c1-19(24)14-22(18(23)9-5-6-15-12-20-21-13-15)11-10-17(19)25-16-7-3-2-4-8-16/h2-4,7-8,12-13,17,24H,5-6,9-11,14H2,1H3,(H,20,21)/t17-,19-/m0/s1. The molecule has 6 heteroatoms. The molecule has 0 bridgehead atoms. The van der Waals surface area contributed by atoms with Crippen LogP contribution in [-0.4, -0.2) is 50.9 Å². The molecule has 1 amide bonds. The molecule has 6 nitrogen and oxygen atoms in total. The van der Waals surface area contributed by atoms with Gasteiger partial charge in [0.15, 0.2) is 0 Å². The summed E-state index contributed by atoms with van der Waals surface area (Å²) in [6, 6.07) is 9.49. The minimum absolute atomic E-state index is 0.0851. The Kier molecular flexibility index (Phi) is 5.38. The van der Waals surface area contributed by atoms with Gasteiger partial charge in [-0.1, -0.05) is 18.2 Å². The molecule has 0 radical (unpaired) electrons. The highest BCUT2D eigenvalue weighted by Gasteiger charge is 2.41. The normalized spacial score (nSPS) is 23.4. The van der Waals surface area contributed by atoms with Crippen LogP contribution in [0.5, 0.6) is 5.75 Å². The largest absolute Gasteiger partial charge is 0.487 e. The van der Waals surface area contributed by atoms with E-state index in [1.165, 1.54) is 0 Å². The summed E-state index contributed by atoms with van der Waals surface area (Å²) in [5.74, 6) is 0.828. The first kappa shape index (κ1) is 17.5. The van der Waals surface area contributed by atoms with Crippen molar-refractivity contribution in [3.63, 3.8) is 0 Å². The molecular formula is C19H25N3O3. The molecule has 1 aliphatic heterocycles. The number of aliphatic hydroxyl groups is 1. The summed E-state index contributed by atoms with van der Waals surface area (Å²) in [6.45, 7) is 2.65. The van der Waals surface area contributed by atoms with E-state index in [1.807, 2.05) is 36.5 Å². The van der Waals surface area contributed by atoms with Gasteiger partial charge >= 0.3 is 0 Å². The zero-order chi connectivity index (χ0) is 17.7. The van der Waals surface area contributed by atoms with Crippen LogP contribution in [0.1, 0.15) is 31.7 Å². The van der Waals surface area contributed by atoms with E-state index in [4.69, 9.17) is 4.74 Å². The quantitative estimate of drug-likeness (QED) is 0.842. The van der Waals surface area contributed by atoms with E-state index in [0.717, 1.165) is 24.2 Å². The zero-order valence-corrected chi connectivity index (χ0v) is 14.5. The van der Waals surface area contributed by atoms with E-state index in [0.29, 0.717) is 25.9 Å². The molecule has 1 fully saturated rings. The average Bonchev–Trinajstić information content (AvgIpc) is 3.10. The zero-order valence-electron chi connectivity index (χ0n) is 14.5. The van der Waals surface area contributed by atoms with Crippen LogP contribution in [-0.2, 0) is 11.2 Å². The van der Waals surface area contributed by atoms with Crippen LogP contribution in [0.3, 0.4) is 0 Å². The Hall–Kier alpha value is -2.34. The van der Waals surface area contributed by atoms with E-state index in [2.05, 4.69) is 10.2 Å². The highest BCUT2D eigenvalue weighted by Crippen LogP contribution is 2.26. The van der Waals surface area contributed by atoms with Gasteiger partial charge in [0.2, 0.25) is 5.91 Å². The van der Waals surface area contributed by atoms with Crippen molar-refractivity contribution in [1.82, 2.24) is 15.1 Å². The van der Waals surface area contributed by atoms with E-state index >= 15 is 0 Å². The van der Waals surface area contributed by atoms with Gasteiger partial charge in [0.05, 0.1) is 12.7 Å². The summed E-state index contributed by atoms with van der Waals surface area (Å²) in [4.78, 5) is 14.2. The lowest BCUT2D eigenvalue weighted by atomic mass is 9.91. The monoisotopic (exact) mass is 343 g/mol. The number of benzene rings is 1. The summed E-state index contributed by atoms with van der Waals surface area (Å²) in [5.41, 5.74) is 0.0451. The SMILES string of the molecule is C[C@]1(O)CN(C(=O)CCCc2cn[nH]c2)CC[C@@H]1Oc1ccccc1. The lowest BCUT2D eigenvalue weighted by Crippen LogP contribution is -2.58. The molecule has 134 valence electrons. The highest BCUT2D eigenvalue weighted by molar-refractivity contribution is 5.76. The smallest absolute Gasteiger partial charge is 0.222 e. The van der Waals surface area contributed by atoms with Gasteiger partial charge in [-0.2, -0.15) is 5.10 Å². The number of hydrogen-bond donors (Lipinski definition) is 2. The number of carbonyl (C=O) groups is 1. The van der Waals surface area contributed by atoms with Gasteiger partial charge in [-0.15, -0.1) is 0 Å². The lowest BCUT2D eigenvalue weighted by Gasteiger charge is -2.42. The summed E-state index contributed by atoms with van der Waals surface area (Å²) < 4.78 is 5.93. The number of β-amino-alcohol motifs (C(OH)–C–C–N with tert-alkyl or cyclic N) is 1. The molecule has 2 aromatic rings. The minimum atomic E-state index is -1.06. The van der Waals surface area contributed by atoms with Gasteiger partial charge in [-0.3, -0.25) is 9.89 Å². The molecule has 2 heterocycles. The molecule has 1 aliphatic rings. The number of nitrogens with zero attached hydrogens (tertiary/aromatic N) is 2. The van der Waals surface area contributed by atoms with Crippen LogP contribution >= 0.6 is 0 Å². The maximum absolute atomic E-state index is 12.4. The molecule has 2 N–H and O–H groups in total. The number of likely N-dealkylation sites (tertiary alicyclic amines) is 1. The van der Waals surface area contributed by atoms with Crippen LogP contribution in [0.25, 0.3) is 0 Å². The number of para-hydroxylation sites is 1. The number of aryl methyl sites for hydroxylation is 1. The number of piperidine rings is 1. The number of rotatable bonds is 6. The second-order valence-electron chi connectivity index (χ2n) is 6.84. The highest BCUT2D eigenvalue weighted by atomic mass is 16.5.